The third-order valence-corrected chi connectivity index (χ3v) is 7.61. The van der Waals surface area contributed by atoms with E-state index in [2.05, 4.69) is 23.8 Å². The highest BCUT2D eigenvalue weighted by molar-refractivity contribution is 6.62. The SMILES string of the molecule is CO[Si]1(OC)OC(N2CCN(C)CC2)COCCC1C. The van der Waals surface area contributed by atoms with Crippen molar-refractivity contribution >= 4 is 8.80 Å². The Hall–Kier alpha value is -0.0231. The summed E-state index contributed by atoms with van der Waals surface area (Å²) in [5.41, 5.74) is 0.257. The van der Waals surface area contributed by atoms with Crippen molar-refractivity contribution in [3.8, 4) is 0 Å². The van der Waals surface area contributed by atoms with Gasteiger partial charge in [0.25, 0.3) is 0 Å². The number of nitrogens with zero attached hydrogens (tertiary/aromatic N) is 2. The van der Waals surface area contributed by atoms with Gasteiger partial charge >= 0.3 is 8.80 Å². The second-order valence-electron chi connectivity index (χ2n) is 5.69. The quantitative estimate of drug-likeness (QED) is 0.712. The van der Waals surface area contributed by atoms with Crippen LogP contribution in [0.5, 0.6) is 0 Å². The molecule has 2 rings (SSSR count). The van der Waals surface area contributed by atoms with E-state index >= 15 is 0 Å². The summed E-state index contributed by atoms with van der Waals surface area (Å²) in [4.78, 5) is 4.68. The Morgan fingerprint density at radius 3 is 2.35 bits per heavy atom. The maximum absolute atomic E-state index is 6.34. The molecule has 2 aliphatic rings. The van der Waals surface area contributed by atoms with Crippen LogP contribution in [0.25, 0.3) is 0 Å². The average molecular weight is 304 g/mol. The Bertz CT molecular complexity index is 296. The fraction of sp³-hybridized carbons (Fsp3) is 1.00. The minimum Gasteiger partial charge on any atom is -0.377 e. The van der Waals surface area contributed by atoms with Gasteiger partial charge in [0.05, 0.1) is 6.61 Å². The molecule has 0 bridgehead atoms. The lowest BCUT2D eigenvalue weighted by atomic mass is 10.3. The first-order chi connectivity index (χ1) is 9.61. The molecule has 2 aliphatic heterocycles. The second kappa shape index (κ2) is 7.30. The smallest absolute Gasteiger partial charge is 0.377 e. The molecule has 20 heavy (non-hydrogen) atoms. The summed E-state index contributed by atoms with van der Waals surface area (Å²) in [6, 6.07) is 0. The van der Waals surface area contributed by atoms with Gasteiger partial charge in [-0.25, -0.2) is 0 Å². The molecule has 0 aromatic carbocycles. The summed E-state index contributed by atoms with van der Waals surface area (Å²) in [6.45, 7) is 7.59. The third kappa shape index (κ3) is 3.59. The number of hydrogen-bond donors (Lipinski definition) is 0. The normalized spacial score (nSPS) is 33.6. The molecule has 118 valence electrons. The fourth-order valence-electron chi connectivity index (χ4n) is 2.83. The van der Waals surface area contributed by atoms with E-state index < -0.39 is 8.80 Å². The Morgan fingerprint density at radius 2 is 1.75 bits per heavy atom. The number of ether oxygens (including phenoxy) is 1. The fourth-order valence-corrected chi connectivity index (χ4v) is 5.30. The van der Waals surface area contributed by atoms with Crippen LogP contribution in [0, 0.1) is 0 Å². The minimum absolute atomic E-state index is 0.0574. The van der Waals surface area contributed by atoms with Crippen molar-refractivity contribution < 1.29 is 18.0 Å². The molecule has 7 heteroatoms. The first kappa shape index (κ1) is 16.3. The van der Waals surface area contributed by atoms with Gasteiger partial charge in [-0.3, -0.25) is 4.90 Å². The van der Waals surface area contributed by atoms with Crippen LogP contribution in [0.15, 0.2) is 0 Å². The number of rotatable bonds is 3. The molecule has 2 heterocycles. The van der Waals surface area contributed by atoms with Crippen molar-refractivity contribution in [2.24, 2.45) is 0 Å². The Labute approximate surface area is 123 Å². The largest absolute Gasteiger partial charge is 0.504 e. The zero-order valence-electron chi connectivity index (χ0n) is 13.1. The van der Waals surface area contributed by atoms with Gasteiger partial charge in [0.2, 0.25) is 0 Å². The molecule has 0 aromatic rings. The predicted octanol–water partition coefficient (Wildman–Crippen LogP) is 0.619. The monoisotopic (exact) mass is 304 g/mol. The van der Waals surface area contributed by atoms with Gasteiger partial charge in [-0.05, 0) is 13.5 Å². The van der Waals surface area contributed by atoms with Gasteiger partial charge in [-0.1, -0.05) is 6.92 Å². The van der Waals surface area contributed by atoms with E-state index in [0.29, 0.717) is 6.61 Å². The van der Waals surface area contributed by atoms with Crippen molar-refractivity contribution in [2.75, 3.05) is 60.7 Å². The molecule has 0 aromatic heterocycles. The number of hydrogen-bond acceptors (Lipinski definition) is 6. The Kier molecular flexibility index (Phi) is 5.97. The lowest BCUT2D eigenvalue weighted by molar-refractivity contribution is -0.101. The summed E-state index contributed by atoms with van der Waals surface area (Å²) in [7, 11) is 2.94. The zero-order chi connectivity index (χ0) is 14.6. The van der Waals surface area contributed by atoms with E-state index in [0.717, 1.165) is 39.2 Å². The molecule has 0 saturated carbocycles. The molecule has 0 N–H and O–H groups in total. The van der Waals surface area contributed by atoms with Crippen molar-refractivity contribution in [1.82, 2.24) is 9.80 Å². The molecule has 2 unspecified atom stereocenters. The number of piperazine rings is 1. The molecule has 2 atom stereocenters. The van der Waals surface area contributed by atoms with E-state index in [-0.39, 0.29) is 11.8 Å². The van der Waals surface area contributed by atoms with E-state index in [1.54, 1.807) is 14.2 Å². The van der Waals surface area contributed by atoms with Crippen molar-refractivity contribution in [2.45, 2.75) is 25.1 Å². The molecular weight excluding hydrogens is 276 g/mol. The highest BCUT2D eigenvalue weighted by Gasteiger charge is 2.49. The Morgan fingerprint density at radius 1 is 1.10 bits per heavy atom. The molecule has 2 fully saturated rings. The van der Waals surface area contributed by atoms with Crippen molar-refractivity contribution in [3.63, 3.8) is 0 Å². The molecule has 6 nitrogen and oxygen atoms in total. The summed E-state index contributed by atoms with van der Waals surface area (Å²) in [5.74, 6) is 0. The van der Waals surface area contributed by atoms with Crippen LogP contribution in [-0.4, -0.2) is 85.5 Å². The van der Waals surface area contributed by atoms with E-state index in [1.165, 1.54) is 0 Å². The summed E-state index contributed by atoms with van der Waals surface area (Å²) in [6.07, 6.45) is 0.863. The van der Waals surface area contributed by atoms with Gasteiger partial charge < -0.3 is 22.9 Å². The maximum atomic E-state index is 6.34. The number of likely N-dealkylation sites (N-methyl/N-ethyl adjacent to an activating group) is 1. The molecule has 2 saturated heterocycles. The van der Waals surface area contributed by atoms with Crippen LogP contribution in [0.2, 0.25) is 5.54 Å². The summed E-state index contributed by atoms with van der Waals surface area (Å²) >= 11 is 0. The van der Waals surface area contributed by atoms with E-state index in [4.69, 9.17) is 18.0 Å². The molecule has 0 spiro atoms. The van der Waals surface area contributed by atoms with Crippen LogP contribution in [0.4, 0.5) is 0 Å². The highest BCUT2D eigenvalue weighted by Crippen LogP contribution is 2.31. The highest BCUT2D eigenvalue weighted by atomic mass is 28.4. The topological polar surface area (TPSA) is 43.4 Å². The average Bonchev–Trinajstić information content (AvgIpc) is 2.46. The van der Waals surface area contributed by atoms with Gasteiger partial charge in [-0.15, -0.1) is 0 Å². The zero-order valence-corrected chi connectivity index (χ0v) is 14.1. The predicted molar refractivity (Wildman–Crippen MR) is 78.6 cm³/mol. The first-order valence-corrected chi connectivity index (χ1v) is 9.20. The van der Waals surface area contributed by atoms with Crippen LogP contribution < -0.4 is 0 Å². The standard InChI is InChI=1S/C13H28N2O4Si/c1-12-5-10-18-11-13(19-20(12,16-3)17-4)15-8-6-14(2)7-9-15/h12-13H,5-11H2,1-4H3. The summed E-state index contributed by atoms with van der Waals surface area (Å²) < 4.78 is 23.5. The van der Waals surface area contributed by atoms with E-state index in [1.807, 2.05) is 0 Å². The Balaban J connectivity index is 2.07. The molecular formula is C13H28N2O4Si. The van der Waals surface area contributed by atoms with Crippen LogP contribution in [-0.2, 0) is 18.0 Å². The lowest BCUT2D eigenvalue weighted by Gasteiger charge is -2.43. The van der Waals surface area contributed by atoms with Crippen LogP contribution >= 0.6 is 0 Å². The van der Waals surface area contributed by atoms with Crippen LogP contribution in [0.1, 0.15) is 13.3 Å². The molecule has 0 amide bonds. The van der Waals surface area contributed by atoms with Crippen molar-refractivity contribution in [1.29, 1.82) is 0 Å². The maximum Gasteiger partial charge on any atom is 0.504 e. The third-order valence-electron chi connectivity index (χ3n) is 4.37. The van der Waals surface area contributed by atoms with Gasteiger partial charge in [-0.2, -0.15) is 0 Å². The first-order valence-electron chi connectivity index (χ1n) is 7.39. The molecule has 0 aliphatic carbocycles. The van der Waals surface area contributed by atoms with Gasteiger partial charge in [0.1, 0.15) is 6.23 Å². The molecule has 0 radical (unpaired) electrons. The lowest BCUT2D eigenvalue weighted by Crippen LogP contribution is -2.59. The van der Waals surface area contributed by atoms with Crippen molar-refractivity contribution in [3.05, 3.63) is 0 Å². The second-order valence-corrected chi connectivity index (χ2v) is 8.93. The van der Waals surface area contributed by atoms with Gasteiger partial charge in [0.15, 0.2) is 0 Å². The minimum atomic E-state index is -2.62. The summed E-state index contributed by atoms with van der Waals surface area (Å²) in [5, 5.41) is 0. The van der Waals surface area contributed by atoms with Gasteiger partial charge in [0, 0.05) is 52.5 Å². The van der Waals surface area contributed by atoms with E-state index in [9.17, 15) is 0 Å². The van der Waals surface area contributed by atoms with Crippen LogP contribution in [0.3, 0.4) is 0 Å².